The quantitative estimate of drug-likeness (QED) is 0.712. The van der Waals surface area contributed by atoms with Crippen LogP contribution in [0.4, 0.5) is 0 Å². The Kier molecular flexibility index (Phi) is 5.99. The molecule has 0 aromatic carbocycles. The third-order valence-corrected chi connectivity index (χ3v) is 7.04. The number of likely N-dealkylation sites (tertiary alicyclic amines) is 1. The molecule has 1 aliphatic carbocycles. The molecule has 0 spiro atoms. The summed E-state index contributed by atoms with van der Waals surface area (Å²) in [6.07, 6.45) is 9.19. The second-order valence-corrected chi connectivity index (χ2v) is 9.41. The van der Waals surface area contributed by atoms with Crippen LogP contribution in [0.15, 0.2) is 18.5 Å². The molecule has 1 saturated carbocycles. The Hall–Kier alpha value is -2.68. The lowest BCUT2D eigenvalue weighted by molar-refractivity contribution is -0.134. The summed E-state index contributed by atoms with van der Waals surface area (Å²) in [5.74, 6) is 0.868. The van der Waals surface area contributed by atoms with Gasteiger partial charge >= 0.3 is 0 Å². The maximum atomic E-state index is 12.9. The molecule has 4 heterocycles. The van der Waals surface area contributed by atoms with Crippen LogP contribution in [0.25, 0.3) is 11.0 Å². The van der Waals surface area contributed by atoms with Gasteiger partial charge in [-0.05, 0) is 57.4 Å². The SMILES string of the molecule is CC(NC(=O)c1cnc2c(cnn2NC2CCOCC2)c1)C1CCN(C(=O)C2CC2)CC1. The minimum absolute atomic E-state index is 0.0503. The van der Waals surface area contributed by atoms with Crippen molar-refractivity contribution >= 4 is 22.8 Å². The van der Waals surface area contributed by atoms with Crippen molar-refractivity contribution in [2.45, 2.75) is 57.5 Å². The number of nitrogens with one attached hydrogen (secondary N) is 2. The van der Waals surface area contributed by atoms with Crippen LogP contribution in [0.5, 0.6) is 0 Å². The Morgan fingerprint density at radius 2 is 1.84 bits per heavy atom. The predicted octanol–water partition coefficient (Wildman–Crippen LogP) is 1.92. The van der Waals surface area contributed by atoms with Crippen LogP contribution in [-0.2, 0) is 9.53 Å². The zero-order chi connectivity index (χ0) is 22.1. The zero-order valence-corrected chi connectivity index (χ0v) is 18.6. The smallest absolute Gasteiger partial charge is 0.253 e. The van der Waals surface area contributed by atoms with E-state index in [0.717, 1.165) is 70.2 Å². The fourth-order valence-corrected chi connectivity index (χ4v) is 4.76. The molecule has 2 N–H and O–H groups in total. The minimum Gasteiger partial charge on any atom is -0.381 e. The van der Waals surface area contributed by atoms with Crippen molar-refractivity contribution in [1.82, 2.24) is 25.1 Å². The molecule has 32 heavy (non-hydrogen) atoms. The first-order valence-corrected chi connectivity index (χ1v) is 11.9. The second-order valence-electron chi connectivity index (χ2n) is 9.41. The minimum atomic E-state index is -0.117. The Morgan fingerprint density at radius 3 is 2.56 bits per heavy atom. The van der Waals surface area contributed by atoms with E-state index < -0.39 is 0 Å². The number of pyridine rings is 1. The Balaban J connectivity index is 1.17. The molecule has 5 rings (SSSR count). The lowest BCUT2D eigenvalue weighted by Gasteiger charge is -2.35. The fraction of sp³-hybridized carbons (Fsp3) is 0.652. The Bertz CT molecular complexity index is 973. The number of fused-ring (bicyclic) bond motifs is 1. The van der Waals surface area contributed by atoms with Crippen molar-refractivity contribution in [2.75, 3.05) is 31.7 Å². The summed E-state index contributed by atoms with van der Waals surface area (Å²) in [4.78, 5) is 33.3. The van der Waals surface area contributed by atoms with Gasteiger partial charge in [-0.15, -0.1) is 0 Å². The molecule has 3 aliphatic rings. The second kappa shape index (κ2) is 9.05. The molecule has 2 amide bonds. The predicted molar refractivity (Wildman–Crippen MR) is 120 cm³/mol. The summed E-state index contributed by atoms with van der Waals surface area (Å²) in [5, 5.41) is 8.37. The molecular weight excluding hydrogens is 408 g/mol. The van der Waals surface area contributed by atoms with Gasteiger partial charge in [0.2, 0.25) is 5.91 Å². The van der Waals surface area contributed by atoms with Gasteiger partial charge in [0.1, 0.15) is 0 Å². The number of carbonyl (C=O) groups excluding carboxylic acids is 2. The summed E-state index contributed by atoms with van der Waals surface area (Å²) in [5.41, 5.74) is 4.64. The number of rotatable bonds is 6. The molecular formula is C23H32N6O3. The highest BCUT2D eigenvalue weighted by Crippen LogP contribution is 2.33. The maximum absolute atomic E-state index is 12.9. The van der Waals surface area contributed by atoms with Crippen LogP contribution >= 0.6 is 0 Å². The standard InChI is InChI=1S/C23H32N6O3/c1-15(16-4-8-28(9-5-16)23(31)17-2-3-17)26-22(30)19-12-18-14-25-29(21(18)24-13-19)27-20-6-10-32-11-7-20/h12-17,20,27H,2-11H2,1H3,(H,26,30). The van der Waals surface area contributed by atoms with Crippen LogP contribution in [-0.4, -0.2) is 70.0 Å². The molecule has 1 unspecified atom stereocenters. The van der Waals surface area contributed by atoms with Gasteiger partial charge in [-0.2, -0.15) is 9.89 Å². The topological polar surface area (TPSA) is 101 Å². The third kappa shape index (κ3) is 4.57. The number of nitrogens with zero attached hydrogens (tertiary/aromatic N) is 4. The maximum Gasteiger partial charge on any atom is 0.253 e. The van der Waals surface area contributed by atoms with E-state index in [1.54, 1.807) is 17.2 Å². The number of amides is 2. The molecule has 9 heteroatoms. The van der Waals surface area contributed by atoms with Crippen LogP contribution in [0.1, 0.15) is 55.8 Å². The third-order valence-electron chi connectivity index (χ3n) is 7.04. The number of piperidine rings is 1. The van der Waals surface area contributed by atoms with E-state index >= 15 is 0 Å². The summed E-state index contributed by atoms with van der Waals surface area (Å²) in [6, 6.07) is 2.20. The first-order chi connectivity index (χ1) is 15.6. The van der Waals surface area contributed by atoms with E-state index in [2.05, 4.69) is 27.7 Å². The van der Waals surface area contributed by atoms with Gasteiger partial charge in [-0.25, -0.2) is 4.98 Å². The Morgan fingerprint density at radius 1 is 1.09 bits per heavy atom. The summed E-state index contributed by atoms with van der Waals surface area (Å²) in [7, 11) is 0. The van der Waals surface area contributed by atoms with Crippen LogP contribution in [0.2, 0.25) is 0 Å². The molecule has 2 saturated heterocycles. The van der Waals surface area contributed by atoms with Crippen molar-refractivity contribution in [1.29, 1.82) is 0 Å². The van der Waals surface area contributed by atoms with E-state index in [9.17, 15) is 9.59 Å². The number of carbonyl (C=O) groups is 2. The van der Waals surface area contributed by atoms with Crippen molar-refractivity contribution in [2.24, 2.45) is 11.8 Å². The summed E-state index contributed by atoms with van der Waals surface area (Å²) >= 11 is 0. The van der Waals surface area contributed by atoms with Gasteiger partial charge in [0.15, 0.2) is 5.65 Å². The van der Waals surface area contributed by atoms with Crippen molar-refractivity contribution < 1.29 is 14.3 Å². The summed E-state index contributed by atoms with van der Waals surface area (Å²) < 4.78 is 5.40. The van der Waals surface area contributed by atoms with Crippen molar-refractivity contribution in [3.63, 3.8) is 0 Å². The van der Waals surface area contributed by atoms with E-state index in [-0.39, 0.29) is 17.9 Å². The molecule has 0 bridgehead atoms. The monoisotopic (exact) mass is 440 g/mol. The van der Waals surface area contributed by atoms with E-state index in [1.165, 1.54) is 0 Å². The van der Waals surface area contributed by atoms with Gasteiger partial charge in [-0.3, -0.25) is 9.59 Å². The molecule has 2 aromatic rings. The van der Waals surface area contributed by atoms with Gasteiger partial charge < -0.3 is 20.4 Å². The highest BCUT2D eigenvalue weighted by atomic mass is 16.5. The fourth-order valence-electron chi connectivity index (χ4n) is 4.76. The molecule has 2 aromatic heterocycles. The lowest BCUT2D eigenvalue weighted by atomic mass is 9.90. The van der Waals surface area contributed by atoms with Gasteiger partial charge in [-0.1, -0.05) is 0 Å². The highest BCUT2D eigenvalue weighted by Gasteiger charge is 2.35. The molecule has 3 fully saturated rings. The molecule has 172 valence electrons. The average Bonchev–Trinajstić information content (AvgIpc) is 3.61. The van der Waals surface area contributed by atoms with Gasteiger partial charge in [0.05, 0.1) is 11.8 Å². The van der Waals surface area contributed by atoms with Gasteiger partial charge in [0.25, 0.3) is 5.91 Å². The number of ether oxygens (including phenoxy) is 1. The van der Waals surface area contributed by atoms with Gasteiger partial charge in [0, 0.05) is 55.9 Å². The van der Waals surface area contributed by atoms with Crippen LogP contribution < -0.4 is 10.7 Å². The molecule has 0 radical (unpaired) electrons. The van der Waals surface area contributed by atoms with E-state index in [0.29, 0.717) is 29.1 Å². The van der Waals surface area contributed by atoms with Crippen molar-refractivity contribution in [3.8, 4) is 0 Å². The van der Waals surface area contributed by atoms with Crippen LogP contribution in [0, 0.1) is 11.8 Å². The highest BCUT2D eigenvalue weighted by molar-refractivity contribution is 5.97. The molecule has 9 nitrogen and oxygen atoms in total. The summed E-state index contributed by atoms with van der Waals surface area (Å²) in [6.45, 7) is 5.16. The van der Waals surface area contributed by atoms with E-state index in [1.807, 2.05) is 11.0 Å². The normalized spacial score (nSPS) is 21.5. The van der Waals surface area contributed by atoms with Crippen molar-refractivity contribution in [3.05, 3.63) is 24.0 Å². The molecule has 1 atom stereocenters. The van der Waals surface area contributed by atoms with Crippen LogP contribution in [0.3, 0.4) is 0 Å². The molecule has 2 aliphatic heterocycles. The largest absolute Gasteiger partial charge is 0.381 e. The first-order valence-electron chi connectivity index (χ1n) is 11.9. The lowest BCUT2D eigenvalue weighted by Crippen LogP contribution is -2.46. The average molecular weight is 441 g/mol. The number of hydrogen-bond acceptors (Lipinski definition) is 6. The number of hydrogen-bond donors (Lipinski definition) is 2. The zero-order valence-electron chi connectivity index (χ0n) is 18.6. The number of aromatic nitrogens is 3. The first kappa shape index (κ1) is 21.2. The van der Waals surface area contributed by atoms with E-state index in [4.69, 9.17) is 4.74 Å². The Labute approximate surface area is 187 Å².